The summed E-state index contributed by atoms with van der Waals surface area (Å²) in [7, 11) is 0. The van der Waals surface area contributed by atoms with Crippen LogP contribution in [0.25, 0.3) is 38.8 Å². The summed E-state index contributed by atoms with van der Waals surface area (Å²) in [5, 5.41) is 19.1. The smallest absolute Gasteiger partial charge is 0.205 e. The van der Waals surface area contributed by atoms with Crippen LogP contribution in [0.5, 0.6) is 5.88 Å². The lowest BCUT2D eigenvalue weighted by molar-refractivity contribution is 0.448. The zero-order valence-electron chi connectivity index (χ0n) is 14.0. The van der Waals surface area contributed by atoms with Crippen molar-refractivity contribution in [1.82, 2.24) is 24.7 Å². The van der Waals surface area contributed by atoms with Crippen LogP contribution < -0.4 is 0 Å². The highest BCUT2D eigenvalue weighted by Gasteiger charge is 2.15. The van der Waals surface area contributed by atoms with Crippen LogP contribution in [0, 0.1) is 6.92 Å². The number of aryl methyl sites for hydroxylation is 1. The summed E-state index contributed by atoms with van der Waals surface area (Å²) in [6.07, 6.45) is 7.04. The van der Waals surface area contributed by atoms with Crippen LogP contribution in [0.15, 0.2) is 61.2 Å². The minimum Gasteiger partial charge on any atom is -0.494 e. The molecule has 5 aromatic rings. The second kappa shape index (κ2) is 5.42. The van der Waals surface area contributed by atoms with Gasteiger partial charge in [0.15, 0.2) is 0 Å². The molecule has 0 unspecified atom stereocenters. The monoisotopic (exact) mass is 341 g/mol. The number of benzene rings is 1. The van der Waals surface area contributed by atoms with Crippen LogP contribution in [-0.2, 0) is 0 Å². The van der Waals surface area contributed by atoms with E-state index in [9.17, 15) is 5.11 Å². The summed E-state index contributed by atoms with van der Waals surface area (Å²) in [5.41, 5.74) is 5.18. The van der Waals surface area contributed by atoms with Gasteiger partial charge in [-0.25, -0.2) is 4.98 Å². The zero-order valence-corrected chi connectivity index (χ0v) is 14.0. The van der Waals surface area contributed by atoms with E-state index in [4.69, 9.17) is 4.98 Å². The molecule has 0 saturated heterocycles. The Kier molecular flexibility index (Phi) is 3.05. The lowest BCUT2D eigenvalue weighted by Crippen LogP contribution is -1.88. The van der Waals surface area contributed by atoms with Crippen molar-refractivity contribution in [2.75, 3.05) is 0 Å². The van der Waals surface area contributed by atoms with Gasteiger partial charge in [0, 0.05) is 29.5 Å². The molecule has 0 radical (unpaired) electrons. The number of aromatic hydroxyl groups is 1. The van der Waals surface area contributed by atoms with Gasteiger partial charge in [-0.15, -0.1) is 0 Å². The molecule has 6 nitrogen and oxygen atoms in total. The van der Waals surface area contributed by atoms with Crippen molar-refractivity contribution in [3.05, 3.63) is 66.7 Å². The molecule has 0 spiro atoms. The van der Waals surface area contributed by atoms with E-state index in [0.717, 1.165) is 44.3 Å². The SMILES string of the molecule is Cc1cc(-c2cnc3ccccc3c2)nc2cn(-c3cn[nH]c3)c(O)c12. The molecule has 0 bridgehead atoms. The summed E-state index contributed by atoms with van der Waals surface area (Å²) in [4.78, 5) is 9.28. The highest BCUT2D eigenvalue weighted by molar-refractivity contribution is 5.91. The maximum Gasteiger partial charge on any atom is 0.205 e. The third-order valence-corrected chi connectivity index (χ3v) is 4.60. The number of para-hydroxylation sites is 1. The van der Waals surface area contributed by atoms with Crippen molar-refractivity contribution in [2.45, 2.75) is 6.92 Å². The standard InChI is InChI=1S/C20H15N5O/c1-12-6-17(14-7-13-4-2-3-5-16(13)21-8-14)24-18-11-25(20(26)19(12)18)15-9-22-23-10-15/h2-11,26H,1H3,(H,22,23). The number of pyridine rings is 2. The molecule has 2 N–H and O–H groups in total. The molecule has 0 fully saturated rings. The first-order valence-electron chi connectivity index (χ1n) is 8.27. The Morgan fingerprint density at radius 2 is 1.96 bits per heavy atom. The molecule has 4 heterocycles. The predicted molar refractivity (Wildman–Crippen MR) is 100 cm³/mol. The van der Waals surface area contributed by atoms with Crippen molar-refractivity contribution in [1.29, 1.82) is 0 Å². The van der Waals surface area contributed by atoms with Crippen molar-refractivity contribution in [3.63, 3.8) is 0 Å². The maximum atomic E-state index is 10.6. The number of H-pyrrole nitrogens is 1. The number of aromatic nitrogens is 5. The molecular weight excluding hydrogens is 326 g/mol. The van der Waals surface area contributed by atoms with Gasteiger partial charge in [0.2, 0.25) is 5.88 Å². The molecule has 0 aliphatic rings. The van der Waals surface area contributed by atoms with E-state index in [1.807, 2.05) is 49.6 Å². The van der Waals surface area contributed by atoms with E-state index in [1.54, 1.807) is 17.0 Å². The summed E-state index contributed by atoms with van der Waals surface area (Å²) >= 11 is 0. The molecule has 126 valence electrons. The van der Waals surface area contributed by atoms with Gasteiger partial charge in [0.25, 0.3) is 0 Å². The number of fused-ring (bicyclic) bond motifs is 2. The summed E-state index contributed by atoms with van der Waals surface area (Å²) in [5.74, 6) is 0.162. The molecule has 4 aromatic heterocycles. The average Bonchev–Trinajstić information content (AvgIpc) is 3.29. The van der Waals surface area contributed by atoms with E-state index >= 15 is 0 Å². The lowest BCUT2D eigenvalue weighted by atomic mass is 10.1. The topological polar surface area (TPSA) is 79.6 Å². The van der Waals surface area contributed by atoms with Gasteiger partial charge >= 0.3 is 0 Å². The Hall–Kier alpha value is -3.67. The Labute approximate surface area is 148 Å². The number of hydrogen-bond acceptors (Lipinski definition) is 4. The van der Waals surface area contributed by atoms with Crippen molar-refractivity contribution in [2.24, 2.45) is 0 Å². The fourth-order valence-corrected chi connectivity index (χ4v) is 3.32. The van der Waals surface area contributed by atoms with Gasteiger partial charge < -0.3 is 5.11 Å². The van der Waals surface area contributed by atoms with E-state index in [0.29, 0.717) is 0 Å². The molecule has 6 heteroatoms. The molecule has 5 rings (SSSR count). The summed E-state index contributed by atoms with van der Waals surface area (Å²) in [6.45, 7) is 1.97. The Morgan fingerprint density at radius 1 is 1.08 bits per heavy atom. The van der Waals surface area contributed by atoms with Gasteiger partial charge in [-0.2, -0.15) is 5.10 Å². The van der Waals surface area contributed by atoms with Crippen molar-refractivity contribution in [3.8, 4) is 22.8 Å². The van der Waals surface area contributed by atoms with Gasteiger partial charge in [-0.1, -0.05) is 18.2 Å². The second-order valence-corrected chi connectivity index (χ2v) is 6.28. The zero-order chi connectivity index (χ0) is 17.7. The van der Waals surface area contributed by atoms with E-state index in [2.05, 4.69) is 21.2 Å². The number of rotatable bonds is 2. The summed E-state index contributed by atoms with van der Waals surface area (Å²) in [6, 6.07) is 12.1. The largest absolute Gasteiger partial charge is 0.494 e. The molecule has 0 amide bonds. The highest BCUT2D eigenvalue weighted by atomic mass is 16.3. The third-order valence-electron chi connectivity index (χ3n) is 4.60. The Bertz CT molecular complexity index is 1250. The predicted octanol–water partition coefficient (Wildman–Crippen LogP) is 3.98. The molecule has 0 aliphatic carbocycles. The highest BCUT2D eigenvalue weighted by Crippen LogP contribution is 2.34. The van der Waals surface area contributed by atoms with Crippen LogP contribution >= 0.6 is 0 Å². The molecule has 1 aromatic carbocycles. The van der Waals surface area contributed by atoms with Gasteiger partial charge in [0.05, 0.1) is 34.0 Å². The first-order chi connectivity index (χ1) is 12.7. The van der Waals surface area contributed by atoms with Crippen LogP contribution in [-0.4, -0.2) is 29.8 Å². The molecule has 0 aliphatic heterocycles. The fourth-order valence-electron chi connectivity index (χ4n) is 3.32. The van der Waals surface area contributed by atoms with E-state index < -0.39 is 0 Å². The Balaban J connectivity index is 1.71. The first kappa shape index (κ1) is 14.7. The summed E-state index contributed by atoms with van der Waals surface area (Å²) < 4.78 is 1.68. The molecule has 26 heavy (non-hydrogen) atoms. The van der Waals surface area contributed by atoms with Gasteiger partial charge in [-0.05, 0) is 30.7 Å². The first-order valence-corrected chi connectivity index (χ1v) is 8.27. The van der Waals surface area contributed by atoms with Crippen molar-refractivity contribution < 1.29 is 5.11 Å². The van der Waals surface area contributed by atoms with Crippen LogP contribution in [0.1, 0.15) is 5.56 Å². The number of hydrogen-bond donors (Lipinski definition) is 2. The third kappa shape index (κ3) is 2.16. The van der Waals surface area contributed by atoms with Crippen LogP contribution in [0.4, 0.5) is 0 Å². The maximum absolute atomic E-state index is 10.6. The minimum atomic E-state index is 0.162. The number of aromatic amines is 1. The molecular formula is C20H15N5O. The molecule has 0 saturated carbocycles. The molecule has 0 atom stereocenters. The van der Waals surface area contributed by atoms with E-state index in [-0.39, 0.29) is 5.88 Å². The normalized spacial score (nSPS) is 11.4. The second-order valence-electron chi connectivity index (χ2n) is 6.28. The quantitative estimate of drug-likeness (QED) is 0.509. The number of nitrogens with zero attached hydrogens (tertiary/aromatic N) is 4. The van der Waals surface area contributed by atoms with Gasteiger partial charge in [-0.3, -0.25) is 14.6 Å². The lowest BCUT2D eigenvalue weighted by Gasteiger charge is -2.05. The van der Waals surface area contributed by atoms with E-state index in [1.165, 1.54) is 0 Å². The average molecular weight is 341 g/mol. The van der Waals surface area contributed by atoms with Crippen molar-refractivity contribution >= 4 is 21.8 Å². The van der Waals surface area contributed by atoms with Crippen LogP contribution in [0.3, 0.4) is 0 Å². The number of nitrogens with one attached hydrogen (secondary N) is 1. The minimum absolute atomic E-state index is 0.162. The van der Waals surface area contributed by atoms with Crippen LogP contribution in [0.2, 0.25) is 0 Å². The Morgan fingerprint density at radius 3 is 2.81 bits per heavy atom. The van der Waals surface area contributed by atoms with Gasteiger partial charge in [0.1, 0.15) is 0 Å². The fraction of sp³-hybridized carbons (Fsp3) is 0.0500.